The summed E-state index contributed by atoms with van der Waals surface area (Å²) in [6.45, 7) is 3.75. The summed E-state index contributed by atoms with van der Waals surface area (Å²) in [5.74, 6) is 1.01. The summed E-state index contributed by atoms with van der Waals surface area (Å²) in [5.41, 5.74) is 2.63. The van der Waals surface area contributed by atoms with Gasteiger partial charge in [0.25, 0.3) is 15.9 Å². The van der Waals surface area contributed by atoms with Crippen LogP contribution in [-0.2, 0) is 10.0 Å². The zero-order chi connectivity index (χ0) is 24.2. The smallest absolute Gasteiger partial charge is 0.264 e. The van der Waals surface area contributed by atoms with Crippen LogP contribution in [0.2, 0.25) is 0 Å². The van der Waals surface area contributed by atoms with E-state index in [1.165, 1.54) is 11.4 Å². The number of carbonyl (C=O) groups excluding carboxylic acids is 1. The first kappa shape index (κ1) is 24.1. The molecule has 0 aliphatic heterocycles. The third-order valence-corrected chi connectivity index (χ3v) is 7.22. The van der Waals surface area contributed by atoms with Crippen LogP contribution in [0, 0.1) is 6.92 Å². The number of ether oxygens (including phenoxy) is 2. The Balaban J connectivity index is 1.76. The molecule has 0 bridgehead atoms. The van der Waals surface area contributed by atoms with Crippen molar-refractivity contribution in [3.63, 3.8) is 0 Å². The molecule has 174 valence electrons. The lowest BCUT2D eigenvalue weighted by Crippen LogP contribution is -2.28. The van der Waals surface area contributed by atoms with E-state index in [1.807, 2.05) is 19.9 Å². The number of nitrogens with zero attached hydrogens (tertiary/aromatic N) is 1. The predicted molar refractivity (Wildman–Crippen MR) is 129 cm³/mol. The van der Waals surface area contributed by atoms with Gasteiger partial charge in [-0.05, 0) is 68.4 Å². The Morgan fingerprint density at radius 1 is 0.939 bits per heavy atom. The van der Waals surface area contributed by atoms with Gasteiger partial charge in [-0.3, -0.25) is 9.10 Å². The fraction of sp³-hybridized carbons (Fsp3) is 0.240. The van der Waals surface area contributed by atoms with Crippen molar-refractivity contribution < 1.29 is 22.7 Å². The Morgan fingerprint density at radius 3 is 2.15 bits per heavy atom. The molecule has 1 amide bonds. The molecule has 0 spiro atoms. The average molecular weight is 469 g/mol. The molecule has 3 rings (SSSR count). The van der Waals surface area contributed by atoms with Gasteiger partial charge < -0.3 is 14.8 Å². The van der Waals surface area contributed by atoms with Crippen molar-refractivity contribution in [3.8, 4) is 11.5 Å². The number of amides is 1. The molecule has 0 unspecified atom stereocenters. The quantitative estimate of drug-likeness (QED) is 0.532. The number of hydrogen-bond donors (Lipinski definition) is 1. The molecular weight excluding hydrogens is 440 g/mol. The van der Waals surface area contributed by atoms with Gasteiger partial charge in [0.15, 0.2) is 0 Å². The van der Waals surface area contributed by atoms with Crippen molar-refractivity contribution >= 4 is 21.6 Å². The second-order valence-corrected chi connectivity index (χ2v) is 9.60. The highest BCUT2D eigenvalue weighted by atomic mass is 32.2. The van der Waals surface area contributed by atoms with Crippen LogP contribution in [0.5, 0.6) is 11.5 Å². The summed E-state index contributed by atoms with van der Waals surface area (Å²) < 4.78 is 37.7. The molecule has 8 heteroatoms. The van der Waals surface area contributed by atoms with Crippen LogP contribution >= 0.6 is 0 Å². The number of methoxy groups -OCH3 is 2. The highest BCUT2D eigenvalue weighted by Crippen LogP contribution is 2.29. The van der Waals surface area contributed by atoms with Crippen molar-refractivity contribution in [2.24, 2.45) is 0 Å². The first-order valence-corrected chi connectivity index (χ1v) is 11.8. The van der Waals surface area contributed by atoms with Crippen molar-refractivity contribution in [2.45, 2.75) is 24.8 Å². The molecule has 3 aromatic rings. The van der Waals surface area contributed by atoms with E-state index in [9.17, 15) is 13.2 Å². The molecule has 0 fully saturated rings. The first-order valence-electron chi connectivity index (χ1n) is 10.4. The lowest BCUT2D eigenvalue weighted by molar-refractivity contribution is 0.0939. The fourth-order valence-corrected chi connectivity index (χ4v) is 4.56. The van der Waals surface area contributed by atoms with E-state index in [0.29, 0.717) is 22.7 Å². The van der Waals surface area contributed by atoms with Gasteiger partial charge in [-0.1, -0.05) is 17.7 Å². The van der Waals surface area contributed by atoms with E-state index in [1.54, 1.807) is 74.9 Å². The molecule has 1 atom stereocenters. The van der Waals surface area contributed by atoms with Gasteiger partial charge in [0.05, 0.1) is 30.8 Å². The molecule has 7 nitrogen and oxygen atoms in total. The molecule has 0 aliphatic rings. The molecule has 33 heavy (non-hydrogen) atoms. The zero-order valence-corrected chi connectivity index (χ0v) is 20.1. The van der Waals surface area contributed by atoms with Crippen molar-refractivity contribution in [1.29, 1.82) is 0 Å². The highest BCUT2D eigenvalue weighted by Gasteiger charge is 2.22. The van der Waals surface area contributed by atoms with E-state index >= 15 is 0 Å². The minimum absolute atomic E-state index is 0.207. The van der Waals surface area contributed by atoms with Crippen molar-refractivity contribution in [2.75, 3.05) is 25.6 Å². The number of sulfonamides is 1. The van der Waals surface area contributed by atoms with E-state index in [0.717, 1.165) is 11.1 Å². The Bertz CT molecular complexity index is 1220. The van der Waals surface area contributed by atoms with Gasteiger partial charge in [0.1, 0.15) is 11.5 Å². The third kappa shape index (κ3) is 5.28. The van der Waals surface area contributed by atoms with Crippen LogP contribution in [0.15, 0.2) is 71.6 Å². The molecule has 0 saturated carbocycles. The summed E-state index contributed by atoms with van der Waals surface area (Å²) in [7, 11) is 0.928. The molecule has 0 radical (unpaired) electrons. The predicted octanol–water partition coefficient (Wildman–Crippen LogP) is 4.33. The Morgan fingerprint density at radius 2 is 1.58 bits per heavy atom. The standard InChI is InChI=1S/C25H28N2O5S/c1-17-6-13-22(14-7-17)33(29,30)27(3)20-10-8-19(9-11-20)25(28)26-18(2)23-16-21(31-4)12-15-24(23)32-5/h6-16,18H,1-5H3,(H,26,28)/t18-/m0/s1. The molecule has 0 aliphatic carbocycles. The van der Waals surface area contributed by atoms with Crippen LogP contribution in [0.1, 0.15) is 34.5 Å². The SMILES string of the molecule is COc1ccc(OC)c([C@H](C)NC(=O)c2ccc(N(C)S(=O)(=O)c3ccc(C)cc3)cc2)c1. The van der Waals surface area contributed by atoms with E-state index in [-0.39, 0.29) is 16.8 Å². The topological polar surface area (TPSA) is 84.9 Å². The number of hydrogen-bond acceptors (Lipinski definition) is 5. The minimum Gasteiger partial charge on any atom is -0.497 e. The van der Waals surface area contributed by atoms with Crippen LogP contribution in [0.4, 0.5) is 5.69 Å². The molecule has 1 N–H and O–H groups in total. The number of aryl methyl sites for hydroxylation is 1. The highest BCUT2D eigenvalue weighted by molar-refractivity contribution is 7.92. The average Bonchev–Trinajstić information content (AvgIpc) is 2.83. The monoisotopic (exact) mass is 468 g/mol. The molecule has 0 heterocycles. The summed E-state index contributed by atoms with van der Waals surface area (Å²) in [4.78, 5) is 13.0. The molecular formula is C25H28N2O5S. The normalized spacial score (nSPS) is 12.0. The van der Waals surface area contributed by atoms with Crippen LogP contribution in [0.3, 0.4) is 0 Å². The Kier molecular flexibility index (Phi) is 7.28. The van der Waals surface area contributed by atoms with Gasteiger partial charge in [0.2, 0.25) is 0 Å². The van der Waals surface area contributed by atoms with E-state index < -0.39 is 10.0 Å². The second-order valence-electron chi connectivity index (χ2n) is 7.64. The molecule has 0 aromatic heterocycles. The lowest BCUT2D eigenvalue weighted by atomic mass is 10.1. The van der Waals surface area contributed by atoms with E-state index in [2.05, 4.69) is 5.32 Å². The Hall–Kier alpha value is -3.52. The number of benzene rings is 3. The Labute approximate surface area is 195 Å². The third-order valence-electron chi connectivity index (χ3n) is 5.42. The van der Waals surface area contributed by atoms with Crippen LogP contribution < -0.4 is 19.1 Å². The maximum Gasteiger partial charge on any atom is 0.264 e. The summed E-state index contributed by atoms with van der Waals surface area (Å²) >= 11 is 0. The maximum absolute atomic E-state index is 12.9. The molecule has 0 saturated heterocycles. The summed E-state index contributed by atoms with van der Waals surface area (Å²) in [6.07, 6.45) is 0. The van der Waals surface area contributed by atoms with Crippen molar-refractivity contribution in [3.05, 3.63) is 83.4 Å². The van der Waals surface area contributed by atoms with E-state index in [4.69, 9.17) is 9.47 Å². The fourth-order valence-electron chi connectivity index (χ4n) is 3.37. The summed E-state index contributed by atoms with van der Waals surface area (Å²) in [6, 6.07) is 18.1. The number of carbonyl (C=O) groups is 1. The summed E-state index contributed by atoms with van der Waals surface area (Å²) in [5, 5.41) is 2.94. The first-order chi connectivity index (χ1) is 15.7. The molecule has 3 aromatic carbocycles. The van der Waals surface area contributed by atoms with Gasteiger partial charge in [0, 0.05) is 18.2 Å². The van der Waals surface area contributed by atoms with Gasteiger partial charge in [-0.15, -0.1) is 0 Å². The van der Waals surface area contributed by atoms with Gasteiger partial charge in [-0.25, -0.2) is 8.42 Å². The lowest BCUT2D eigenvalue weighted by Gasteiger charge is -2.20. The van der Waals surface area contributed by atoms with Gasteiger partial charge >= 0.3 is 0 Å². The number of anilines is 1. The maximum atomic E-state index is 12.9. The second kappa shape index (κ2) is 9.95. The van der Waals surface area contributed by atoms with Crippen molar-refractivity contribution in [1.82, 2.24) is 5.32 Å². The zero-order valence-electron chi connectivity index (χ0n) is 19.3. The largest absolute Gasteiger partial charge is 0.497 e. The minimum atomic E-state index is -3.70. The number of rotatable bonds is 8. The van der Waals surface area contributed by atoms with Crippen LogP contribution in [0.25, 0.3) is 0 Å². The van der Waals surface area contributed by atoms with Gasteiger partial charge in [-0.2, -0.15) is 0 Å². The number of nitrogens with one attached hydrogen (secondary N) is 1. The van der Waals surface area contributed by atoms with Crippen LogP contribution in [-0.4, -0.2) is 35.6 Å².